The van der Waals surface area contributed by atoms with E-state index in [0.717, 1.165) is 0 Å². The summed E-state index contributed by atoms with van der Waals surface area (Å²) in [5.74, 6) is -3.99. The van der Waals surface area contributed by atoms with Crippen LogP contribution in [0.25, 0.3) is 0 Å². The number of rotatable bonds is 3. The Morgan fingerprint density at radius 1 is 1.27 bits per heavy atom. The van der Waals surface area contributed by atoms with Crippen LogP contribution in [0.1, 0.15) is 0 Å². The molecule has 0 radical (unpaired) electrons. The van der Waals surface area contributed by atoms with Gasteiger partial charge in [0.2, 0.25) is 0 Å². The lowest BCUT2D eigenvalue weighted by molar-refractivity contribution is -0.135. The minimum Gasteiger partial charge on any atom is -0.198 e. The third-order valence-corrected chi connectivity index (χ3v) is 4.62. The molecular weight excluding hydrogens is 458 g/mol. The molecule has 0 amide bonds. The first kappa shape index (κ1) is 12.7. The standard InChI is InChI=1S/C4H3BrF4I2/c5-2(1-10)3(6,7)4(8,9)11/h2H,1H2. The highest BCUT2D eigenvalue weighted by Gasteiger charge is 2.58. The monoisotopic (exact) mass is 460 g/mol. The summed E-state index contributed by atoms with van der Waals surface area (Å²) in [5.41, 5.74) is 0. The fraction of sp³-hybridized carbons (Fsp3) is 1.00. The second-order valence-corrected chi connectivity index (χ2v) is 5.08. The van der Waals surface area contributed by atoms with Crippen LogP contribution in [-0.2, 0) is 0 Å². The summed E-state index contributed by atoms with van der Waals surface area (Å²) in [6.45, 7) is 0. The maximum atomic E-state index is 12.5. The second-order valence-electron chi connectivity index (χ2n) is 1.74. The van der Waals surface area contributed by atoms with Crippen molar-refractivity contribution in [2.24, 2.45) is 0 Å². The molecule has 0 N–H and O–H groups in total. The first-order chi connectivity index (χ1) is 4.73. The summed E-state index contributed by atoms with van der Waals surface area (Å²) < 4.78 is 45.3. The first-order valence-corrected chi connectivity index (χ1v) is 5.90. The molecule has 0 aromatic rings. The molecule has 1 unspecified atom stereocenters. The van der Waals surface area contributed by atoms with Crippen LogP contribution >= 0.6 is 61.1 Å². The zero-order valence-electron chi connectivity index (χ0n) is 4.93. The SMILES string of the molecule is FC(F)(I)C(F)(F)C(Br)CI. The number of hydrogen-bond acceptors (Lipinski definition) is 0. The van der Waals surface area contributed by atoms with E-state index in [1.165, 1.54) is 0 Å². The molecule has 0 saturated heterocycles. The van der Waals surface area contributed by atoms with Gasteiger partial charge in [0.15, 0.2) is 0 Å². The Morgan fingerprint density at radius 3 is 1.73 bits per heavy atom. The Bertz CT molecular complexity index is 135. The molecule has 0 saturated carbocycles. The van der Waals surface area contributed by atoms with Crippen LogP contribution < -0.4 is 0 Å². The van der Waals surface area contributed by atoms with E-state index in [2.05, 4.69) is 15.9 Å². The van der Waals surface area contributed by atoms with Crippen LogP contribution in [0, 0.1) is 0 Å². The van der Waals surface area contributed by atoms with Gasteiger partial charge in [-0.3, -0.25) is 0 Å². The molecule has 0 nitrogen and oxygen atoms in total. The van der Waals surface area contributed by atoms with Gasteiger partial charge in [-0.1, -0.05) is 38.5 Å². The Balaban J connectivity index is 4.45. The molecule has 68 valence electrons. The molecule has 0 aliphatic heterocycles. The second kappa shape index (κ2) is 4.25. The zero-order chi connectivity index (χ0) is 9.28. The number of halogens is 7. The predicted octanol–water partition coefficient (Wildman–Crippen LogP) is 3.85. The molecule has 11 heavy (non-hydrogen) atoms. The topological polar surface area (TPSA) is 0 Å². The lowest BCUT2D eigenvalue weighted by atomic mass is 10.3. The summed E-state index contributed by atoms with van der Waals surface area (Å²) in [7, 11) is 0. The van der Waals surface area contributed by atoms with Crippen LogP contribution in [0.4, 0.5) is 17.6 Å². The first-order valence-electron chi connectivity index (χ1n) is 2.38. The quantitative estimate of drug-likeness (QED) is 0.341. The average molecular weight is 461 g/mol. The van der Waals surface area contributed by atoms with E-state index in [1.54, 1.807) is 22.6 Å². The number of alkyl halides is 7. The van der Waals surface area contributed by atoms with Crippen molar-refractivity contribution in [1.82, 2.24) is 0 Å². The van der Waals surface area contributed by atoms with E-state index in [1.807, 2.05) is 0 Å². The van der Waals surface area contributed by atoms with Crippen LogP contribution in [0.15, 0.2) is 0 Å². The molecule has 7 heteroatoms. The van der Waals surface area contributed by atoms with Gasteiger partial charge >= 0.3 is 9.85 Å². The molecule has 0 aromatic heterocycles. The third kappa shape index (κ3) is 3.12. The summed E-state index contributed by atoms with van der Waals surface area (Å²) >= 11 is 4.55. The van der Waals surface area contributed by atoms with Crippen LogP contribution in [0.5, 0.6) is 0 Å². The Kier molecular flexibility index (Phi) is 4.89. The minimum absolute atomic E-state index is 0.0661. The largest absolute Gasteiger partial charge is 0.359 e. The summed E-state index contributed by atoms with van der Waals surface area (Å²) in [6.07, 6.45) is 0. The van der Waals surface area contributed by atoms with E-state index in [4.69, 9.17) is 0 Å². The van der Waals surface area contributed by atoms with Gasteiger partial charge in [0, 0.05) is 27.0 Å². The molecule has 0 fully saturated rings. The van der Waals surface area contributed by atoms with Crippen LogP contribution in [0.2, 0.25) is 0 Å². The fourth-order valence-electron chi connectivity index (χ4n) is 0.274. The maximum absolute atomic E-state index is 12.5. The highest BCUT2D eigenvalue weighted by Crippen LogP contribution is 2.44. The molecular formula is C4H3BrF4I2. The summed E-state index contributed by atoms with van der Waals surface area (Å²) in [4.78, 5) is -1.48. The lowest BCUT2D eigenvalue weighted by Gasteiger charge is -2.24. The van der Waals surface area contributed by atoms with E-state index in [0.29, 0.717) is 22.6 Å². The van der Waals surface area contributed by atoms with Crippen molar-refractivity contribution >= 4 is 61.1 Å². The van der Waals surface area contributed by atoms with E-state index in [9.17, 15) is 17.6 Å². The lowest BCUT2D eigenvalue weighted by Crippen LogP contribution is -2.43. The molecule has 0 aliphatic carbocycles. The van der Waals surface area contributed by atoms with Gasteiger partial charge in [-0.15, -0.1) is 0 Å². The van der Waals surface area contributed by atoms with Gasteiger partial charge < -0.3 is 0 Å². The zero-order valence-corrected chi connectivity index (χ0v) is 10.8. The van der Waals surface area contributed by atoms with Crippen LogP contribution in [-0.4, -0.2) is 19.1 Å². The average Bonchev–Trinajstić information content (AvgIpc) is 1.83. The normalized spacial score (nSPS) is 16.6. The Morgan fingerprint density at radius 2 is 1.64 bits per heavy atom. The van der Waals surface area contributed by atoms with Gasteiger partial charge in [-0.25, -0.2) is 0 Å². The molecule has 0 aromatic carbocycles. The highest BCUT2D eigenvalue weighted by atomic mass is 127. The molecule has 1 atom stereocenters. The maximum Gasteiger partial charge on any atom is 0.359 e. The van der Waals surface area contributed by atoms with Crippen LogP contribution in [0.3, 0.4) is 0 Å². The Hall–Kier alpha value is 1.66. The van der Waals surface area contributed by atoms with Crippen molar-refractivity contribution in [1.29, 1.82) is 0 Å². The van der Waals surface area contributed by atoms with Gasteiger partial charge in [0.25, 0.3) is 0 Å². The summed E-state index contributed by atoms with van der Waals surface area (Å²) in [5, 5.41) is 0. The highest BCUT2D eigenvalue weighted by molar-refractivity contribution is 14.1. The molecule has 0 bridgehead atoms. The van der Waals surface area contributed by atoms with Gasteiger partial charge in [0.1, 0.15) is 0 Å². The molecule has 0 heterocycles. The van der Waals surface area contributed by atoms with E-state index in [-0.39, 0.29) is 4.43 Å². The minimum atomic E-state index is -4.00. The number of hydrogen-bond donors (Lipinski definition) is 0. The van der Waals surface area contributed by atoms with Gasteiger partial charge in [-0.2, -0.15) is 17.6 Å². The van der Waals surface area contributed by atoms with Gasteiger partial charge in [0.05, 0.1) is 4.83 Å². The van der Waals surface area contributed by atoms with E-state index >= 15 is 0 Å². The molecule has 0 aliphatic rings. The van der Waals surface area contributed by atoms with E-state index < -0.39 is 14.7 Å². The third-order valence-electron chi connectivity index (χ3n) is 0.907. The smallest absolute Gasteiger partial charge is 0.198 e. The molecule has 0 rings (SSSR count). The van der Waals surface area contributed by atoms with Crippen molar-refractivity contribution in [2.45, 2.75) is 14.7 Å². The van der Waals surface area contributed by atoms with Crippen molar-refractivity contribution in [3.63, 3.8) is 0 Å². The summed E-state index contributed by atoms with van der Waals surface area (Å²) in [6, 6.07) is 0. The van der Waals surface area contributed by atoms with Gasteiger partial charge in [-0.05, 0) is 0 Å². The molecule has 0 spiro atoms. The van der Waals surface area contributed by atoms with Crippen molar-refractivity contribution in [3.05, 3.63) is 0 Å². The van der Waals surface area contributed by atoms with Crippen molar-refractivity contribution < 1.29 is 17.6 Å². The Labute approximate surface area is 96.9 Å². The van der Waals surface area contributed by atoms with Crippen molar-refractivity contribution in [3.8, 4) is 0 Å². The fourth-order valence-corrected chi connectivity index (χ4v) is 1.92. The van der Waals surface area contributed by atoms with Crippen molar-refractivity contribution in [2.75, 3.05) is 4.43 Å². The predicted molar refractivity (Wildman–Crippen MR) is 55.5 cm³/mol.